The van der Waals surface area contributed by atoms with Gasteiger partial charge < -0.3 is 9.64 Å². The van der Waals surface area contributed by atoms with E-state index >= 15 is 0 Å². The van der Waals surface area contributed by atoms with E-state index in [9.17, 15) is 13.6 Å². The normalized spacial score (nSPS) is 10.3. The summed E-state index contributed by atoms with van der Waals surface area (Å²) in [6, 6.07) is 10.2. The summed E-state index contributed by atoms with van der Waals surface area (Å²) in [5.74, 6) is -1.30. The number of ether oxygens (including phenoxy) is 1. The van der Waals surface area contributed by atoms with Crippen LogP contribution in [0.5, 0.6) is 5.75 Å². The first-order valence-electron chi connectivity index (χ1n) is 6.35. The number of rotatable bonds is 4. The summed E-state index contributed by atoms with van der Waals surface area (Å²) >= 11 is 0. The van der Waals surface area contributed by atoms with Gasteiger partial charge in [0.2, 0.25) is 0 Å². The van der Waals surface area contributed by atoms with Gasteiger partial charge in [-0.25, -0.2) is 8.78 Å². The molecule has 0 atom stereocenters. The topological polar surface area (TPSA) is 29.5 Å². The molecule has 110 valence electrons. The molecule has 0 heterocycles. The van der Waals surface area contributed by atoms with E-state index in [1.165, 1.54) is 37.3 Å². The van der Waals surface area contributed by atoms with Gasteiger partial charge in [-0.05, 0) is 24.3 Å². The van der Waals surface area contributed by atoms with Crippen molar-refractivity contribution in [1.82, 2.24) is 4.90 Å². The van der Waals surface area contributed by atoms with Crippen LogP contribution in [0.25, 0.3) is 0 Å². The van der Waals surface area contributed by atoms with Crippen molar-refractivity contribution >= 4 is 5.91 Å². The molecule has 2 aromatic carbocycles. The van der Waals surface area contributed by atoms with Crippen LogP contribution in [-0.2, 0) is 6.54 Å². The molecule has 0 spiro atoms. The lowest BCUT2D eigenvalue weighted by molar-refractivity contribution is 0.0783. The first-order valence-corrected chi connectivity index (χ1v) is 6.35. The highest BCUT2D eigenvalue weighted by atomic mass is 19.1. The van der Waals surface area contributed by atoms with Crippen molar-refractivity contribution < 1.29 is 18.3 Å². The number of nitrogens with zero attached hydrogens (tertiary/aromatic N) is 1. The summed E-state index contributed by atoms with van der Waals surface area (Å²) in [4.78, 5) is 13.5. The molecule has 0 aromatic heterocycles. The number of benzene rings is 2. The molecule has 0 radical (unpaired) electrons. The predicted octanol–water partition coefficient (Wildman–Crippen LogP) is 3.25. The van der Waals surface area contributed by atoms with Crippen LogP contribution in [0.1, 0.15) is 15.9 Å². The van der Waals surface area contributed by atoms with Gasteiger partial charge in [-0.1, -0.05) is 18.2 Å². The number of carbonyl (C=O) groups is 1. The standard InChI is InChI=1S/C16H15F2NO2/c1-19(10-12-5-3-4-6-13(12)17)16(20)11-7-8-15(21-2)14(18)9-11/h3-9H,10H2,1-2H3. The molecule has 2 rings (SSSR count). The Morgan fingerprint density at radius 2 is 1.86 bits per heavy atom. The first kappa shape index (κ1) is 15.0. The van der Waals surface area contributed by atoms with E-state index in [1.54, 1.807) is 18.2 Å². The van der Waals surface area contributed by atoms with Gasteiger partial charge in [0, 0.05) is 24.7 Å². The van der Waals surface area contributed by atoms with Gasteiger partial charge in [0.25, 0.3) is 5.91 Å². The third kappa shape index (κ3) is 3.37. The minimum atomic E-state index is -0.609. The average molecular weight is 291 g/mol. The maximum Gasteiger partial charge on any atom is 0.254 e. The number of hydrogen-bond acceptors (Lipinski definition) is 2. The fourth-order valence-electron chi connectivity index (χ4n) is 1.97. The Morgan fingerprint density at radius 3 is 2.48 bits per heavy atom. The van der Waals surface area contributed by atoms with E-state index in [-0.39, 0.29) is 29.6 Å². The van der Waals surface area contributed by atoms with Gasteiger partial charge in [-0.2, -0.15) is 0 Å². The van der Waals surface area contributed by atoms with E-state index in [0.717, 1.165) is 6.07 Å². The molecule has 0 aliphatic heterocycles. The van der Waals surface area contributed by atoms with Crippen LogP contribution in [0, 0.1) is 11.6 Å². The zero-order chi connectivity index (χ0) is 15.4. The molecule has 1 amide bonds. The van der Waals surface area contributed by atoms with Crippen molar-refractivity contribution in [3.63, 3.8) is 0 Å². The zero-order valence-electron chi connectivity index (χ0n) is 11.8. The Bertz CT molecular complexity index is 658. The van der Waals surface area contributed by atoms with E-state index in [4.69, 9.17) is 4.74 Å². The lowest BCUT2D eigenvalue weighted by atomic mass is 10.1. The van der Waals surface area contributed by atoms with Crippen LogP contribution >= 0.6 is 0 Å². The summed E-state index contributed by atoms with van der Waals surface area (Å²) in [5, 5.41) is 0. The molecule has 0 saturated heterocycles. The first-order chi connectivity index (χ1) is 10.0. The number of halogens is 2. The number of hydrogen-bond donors (Lipinski definition) is 0. The molecule has 0 aliphatic rings. The third-order valence-electron chi connectivity index (χ3n) is 3.11. The molecular weight excluding hydrogens is 276 g/mol. The molecule has 0 unspecified atom stereocenters. The Labute approximate surface area is 121 Å². The largest absolute Gasteiger partial charge is 0.494 e. The molecule has 0 N–H and O–H groups in total. The van der Waals surface area contributed by atoms with Crippen molar-refractivity contribution in [2.75, 3.05) is 14.2 Å². The van der Waals surface area contributed by atoms with Crippen LogP contribution in [0.15, 0.2) is 42.5 Å². The lowest BCUT2D eigenvalue weighted by Crippen LogP contribution is -2.26. The summed E-state index contributed by atoms with van der Waals surface area (Å²) in [6.45, 7) is 0.110. The smallest absolute Gasteiger partial charge is 0.254 e. The highest BCUT2D eigenvalue weighted by molar-refractivity contribution is 5.94. The van der Waals surface area contributed by atoms with Crippen LogP contribution in [0.3, 0.4) is 0 Å². The van der Waals surface area contributed by atoms with Gasteiger partial charge in [-0.15, -0.1) is 0 Å². The fourth-order valence-corrected chi connectivity index (χ4v) is 1.97. The van der Waals surface area contributed by atoms with Gasteiger partial charge in [-0.3, -0.25) is 4.79 Å². The van der Waals surface area contributed by atoms with E-state index < -0.39 is 5.82 Å². The van der Waals surface area contributed by atoms with Crippen molar-refractivity contribution in [1.29, 1.82) is 0 Å². The van der Waals surface area contributed by atoms with Gasteiger partial charge in [0.15, 0.2) is 11.6 Å². The number of methoxy groups -OCH3 is 1. The van der Waals surface area contributed by atoms with Crippen LogP contribution in [-0.4, -0.2) is 25.0 Å². The Kier molecular flexibility index (Phi) is 4.52. The number of amides is 1. The lowest BCUT2D eigenvalue weighted by Gasteiger charge is -2.18. The molecule has 5 heteroatoms. The Balaban J connectivity index is 2.16. The fraction of sp³-hybridized carbons (Fsp3) is 0.188. The van der Waals surface area contributed by atoms with Crippen LogP contribution in [0.4, 0.5) is 8.78 Å². The Morgan fingerprint density at radius 1 is 1.14 bits per heavy atom. The molecule has 0 bridgehead atoms. The monoisotopic (exact) mass is 291 g/mol. The van der Waals surface area contributed by atoms with Crippen molar-refractivity contribution in [2.45, 2.75) is 6.54 Å². The summed E-state index contributed by atoms with van der Waals surface area (Å²) < 4.78 is 32.0. The molecule has 0 saturated carbocycles. The summed E-state index contributed by atoms with van der Waals surface area (Å²) in [5.41, 5.74) is 0.592. The van der Waals surface area contributed by atoms with E-state index in [1.807, 2.05) is 0 Å². The maximum absolute atomic E-state index is 13.6. The highest BCUT2D eigenvalue weighted by Gasteiger charge is 2.15. The van der Waals surface area contributed by atoms with Gasteiger partial charge in [0.05, 0.1) is 7.11 Å². The maximum atomic E-state index is 13.6. The van der Waals surface area contributed by atoms with Crippen LogP contribution in [0.2, 0.25) is 0 Å². The second-order valence-electron chi connectivity index (χ2n) is 4.60. The minimum Gasteiger partial charge on any atom is -0.494 e. The highest BCUT2D eigenvalue weighted by Crippen LogP contribution is 2.19. The second kappa shape index (κ2) is 6.35. The minimum absolute atomic E-state index is 0.0725. The average Bonchev–Trinajstić information content (AvgIpc) is 2.48. The van der Waals surface area contributed by atoms with Crippen LogP contribution < -0.4 is 4.74 Å². The van der Waals surface area contributed by atoms with Crippen molar-refractivity contribution in [3.05, 3.63) is 65.2 Å². The molecular formula is C16H15F2NO2. The molecule has 0 aliphatic carbocycles. The second-order valence-corrected chi connectivity index (χ2v) is 4.60. The van der Waals surface area contributed by atoms with Crippen molar-refractivity contribution in [2.24, 2.45) is 0 Å². The molecule has 2 aromatic rings. The van der Waals surface area contributed by atoms with E-state index in [2.05, 4.69) is 0 Å². The molecule has 21 heavy (non-hydrogen) atoms. The molecule has 3 nitrogen and oxygen atoms in total. The van der Waals surface area contributed by atoms with E-state index in [0.29, 0.717) is 5.56 Å². The SMILES string of the molecule is COc1ccc(C(=O)N(C)Cc2ccccc2F)cc1F. The Hall–Kier alpha value is -2.43. The van der Waals surface area contributed by atoms with Gasteiger partial charge in [0.1, 0.15) is 5.82 Å². The van der Waals surface area contributed by atoms with Gasteiger partial charge >= 0.3 is 0 Å². The summed E-state index contributed by atoms with van der Waals surface area (Å²) in [7, 11) is 2.89. The quantitative estimate of drug-likeness (QED) is 0.865. The number of carbonyl (C=O) groups excluding carboxylic acids is 1. The summed E-state index contributed by atoms with van der Waals surface area (Å²) in [6.07, 6.45) is 0. The predicted molar refractivity (Wildman–Crippen MR) is 75.1 cm³/mol. The molecule has 0 fully saturated rings. The van der Waals surface area contributed by atoms with Crippen molar-refractivity contribution in [3.8, 4) is 5.75 Å². The zero-order valence-corrected chi connectivity index (χ0v) is 11.8. The third-order valence-corrected chi connectivity index (χ3v) is 3.11.